The lowest BCUT2D eigenvalue weighted by Gasteiger charge is -2.37. The molecule has 22 heavy (non-hydrogen) atoms. The Morgan fingerprint density at radius 3 is 2.23 bits per heavy atom. The van der Waals surface area contributed by atoms with Gasteiger partial charge < -0.3 is 15.5 Å². The third-order valence-corrected chi connectivity index (χ3v) is 5.12. The van der Waals surface area contributed by atoms with Crippen LogP contribution in [0.1, 0.15) is 27.2 Å². The molecule has 0 aliphatic carbocycles. The van der Waals surface area contributed by atoms with Crippen LogP contribution >= 0.6 is 24.8 Å². The number of carbonyl (C=O) groups excluding carboxylic acids is 1. The highest BCUT2D eigenvalue weighted by Crippen LogP contribution is 2.30. The number of nitrogens with two attached hydrogens (primary N) is 1. The number of piperazine rings is 1. The van der Waals surface area contributed by atoms with Gasteiger partial charge >= 0.3 is 0 Å². The summed E-state index contributed by atoms with van der Waals surface area (Å²) in [5.41, 5.74) is 6.04. The number of carbonyl (C=O) groups is 1. The molecular weight excluding hydrogens is 323 g/mol. The predicted octanol–water partition coefficient (Wildman–Crippen LogP) is 1.05. The largest absolute Gasteiger partial charge is 0.339 e. The molecule has 2 aliphatic heterocycles. The molecule has 0 bridgehead atoms. The molecule has 0 saturated carbocycles. The molecular formula is C15H32Cl2N4O. The highest BCUT2D eigenvalue weighted by Gasteiger charge is 2.37. The summed E-state index contributed by atoms with van der Waals surface area (Å²) in [7, 11) is 0. The molecule has 0 radical (unpaired) electrons. The van der Waals surface area contributed by atoms with Gasteiger partial charge in [-0.2, -0.15) is 0 Å². The smallest absolute Gasteiger partial charge is 0.239 e. The minimum Gasteiger partial charge on any atom is -0.339 e. The Balaban J connectivity index is 0.00000220. The average molecular weight is 355 g/mol. The van der Waals surface area contributed by atoms with E-state index >= 15 is 0 Å². The Kier molecular flexibility index (Phi) is 9.25. The fraction of sp³-hybridized carbons (Fsp3) is 0.933. The summed E-state index contributed by atoms with van der Waals surface area (Å²) < 4.78 is 0. The summed E-state index contributed by atoms with van der Waals surface area (Å²) in [6.45, 7) is 14.0. The molecule has 2 rings (SSSR count). The third-order valence-electron chi connectivity index (χ3n) is 5.12. The highest BCUT2D eigenvalue weighted by atomic mass is 35.5. The second kappa shape index (κ2) is 9.28. The maximum atomic E-state index is 12.6. The molecule has 132 valence electrons. The van der Waals surface area contributed by atoms with Gasteiger partial charge in [0, 0.05) is 32.7 Å². The van der Waals surface area contributed by atoms with E-state index in [4.69, 9.17) is 5.73 Å². The average Bonchev–Trinajstić information content (AvgIpc) is 2.89. The first kappa shape index (κ1) is 21.9. The summed E-state index contributed by atoms with van der Waals surface area (Å²) >= 11 is 0. The van der Waals surface area contributed by atoms with Gasteiger partial charge in [0.2, 0.25) is 5.91 Å². The van der Waals surface area contributed by atoms with Crippen LogP contribution in [0.15, 0.2) is 0 Å². The van der Waals surface area contributed by atoms with E-state index in [2.05, 4.69) is 30.6 Å². The van der Waals surface area contributed by atoms with Crippen molar-refractivity contribution >= 4 is 30.7 Å². The quantitative estimate of drug-likeness (QED) is 0.819. The fourth-order valence-electron chi connectivity index (χ4n) is 3.26. The van der Waals surface area contributed by atoms with Crippen LogP contribution in [0.2, 0.25) is 0 Å². The van der Waals surface area contributed by atoms with Gasteiger partial charge in [-0.1, -0.05) is 13.8 Å². The minimum atomic E-state index is -0.00319. The standard InChI is InChI=1S/C15H30N4O.2ClH/c1-4-17-7-9-18(10-8-17)14(20)13(2)19-6-5-15(3,11-16)12-19;;/h13H,4-12,16H2,1-3H3;2*1H. The number of likely N-dealkylation sites (N-methyl/N-ethyl adjacent to an activating group) is 1. The Labute approximate surface area is 147 Å². The Morgan fingerprint density at radius 2 is 1.77 bits per heavy atom. The summed E-state index contributed by atoms with van der Waals surface area (Å²) in [6.07, 6.45) is 1.10. The maximum absolute atomic E-state index is 12.6. The molecule has 2 atom stereocenters. The number of hydrogen-bond donors (Lipinski definition) is 1. The molecule has 0 spiro atoms. The zero-order valence-corrected chi connectivity index (χ0v) is 15.7. The molecule has 2 saturated heterocycles. The minimum absolute atomic E-state index is 0. The number of hydrogen-bond acceptors (Lipinski definition) is 4. The zero-order valence-electron chi connectivity index (χ0n) is 14.1. The van der Waals surface area contributed by atoms with Crippen LogP contribution in [-0.2, 0) is 4.79 Å². The van der Waals surface area contributed by atoms with Crippen molar-refractivity contribution in [2.24, 2.45) is 11.1 Å². The van der Waals surface area contributed by atoms with Crippen molar-refractivity contribution in [1.82, 2.24) is 14.7 Å². The van der Waals surface area contributed by atoms with Crippen molar-refractivity contribution < 1.29 is 4.79 Å². The molecule has 5 nitrogen and oxygen atoms in total. The molecule has 0 aromatic heterocycles. The van der Waals surface area contributed by atoms with E-state index in [1.807, 2.05) is 4.90 Å². The second-order valence-electron chi connectivity index (χ2n) is 6.67. The van der Waals surface area contributed by atoms with Gasteiger partial charge in [0.1, 0.15) is 0 Å². The molecule has 7 heteroatoms. The predicted molar refractivity (Wildman–Crippen MR) is 96.0 cm³/mol. The van der Waals surface area contributed by atoms with E-state index in [0.717, 1.165) is 52.2 Å². The maximum Gasteiger partial charge on any atom is 0.239 e. The summed E-state index contributed by atoms with van der Waals surface area (Å²) in [5.74, 6) is 0.294. The summed E-state index contributed by atoms with van der Waals surface area (Å²) in [6, 6.07) is -0.00319. The van der Waals surface area contributed by atoms with Crippen LogP contribution in [0.3, 0.4) is 0 Å². The van der Waals surface area contributed by atoms with Crippen molar-refractivity contribution in [3.63, 3.8) is 0 Å². The Bertz CT molecular complexity index is 350. The van der Waals surface area contributed by atoms with Gasteiger partial charge in [-0.05, 0) is 38.4 Å². The lowest BCUT2D eigenvalue weighted by atomic mass is 9.90. The number of halogens is 2. The lowest BCUT2D eigenvalue weighted by molar-refractivity contribution is -0.137. The van der Waals surface area contributed by atoms with Gasteiger partial charge in [0.15, 0.2) is 0 Å². The van der Waals surface area contributed by atoms with E-state index in [1.165, 1.54) is 0 Å². The first-order chi connectivity index (χ1) is 9.49. The van der Waals surface area contributed by atoms with Crippen LogP contribution in [0, 0.1) is 5.41 Å². The highest BCUT2D eigenvalue weighted by molar-refractivity contribution is 5.85. The van der Waals surface area contributed by atoms with E-state index in [9.17, 15) is 4.79 Å². The fourth-order valence-corrected chi connectivity index (χ4v) is 3.26. The van der Waals surface area contributed by atoms with Crippen LogP contribution in [0.5, 0.6) is 0 Å². The topological polar surface area (TPSA) is 52.8 Å². The van der Waals surface area contributed by atoms with Gasteiger partial charge in [0.05, 0.1) is 6.04 Å². The molecule has 2 unspecified atom stereocenters. The van der Waals surface area contributed by atoms with E-state index in [0.29, 0.717) is 12.5 Å². The normalized spacial score (nSPS) is 27.9. The van der Waals surface area contributed by atoms with E-state index < -0.39 is 0 Å². The van der Waals surface area contributed by atoms with Gasteiger partial charge in [-0.3, -0.25) is 9.69 Å². The zero-order chi connectivity index (χ0) is 14.8. The first-order valence-electron chi connectivity index (χ1n) is 7.94. The molecule has 2 heterocycles. The third kappa shape index (κ3) is 4.96. The van der Waals surface area contributed by atoms with Crippen molar-refractivity contribution in [2.75, 3.05) is 52.4 Å². The molecule has 0 aromatic rings. The second-order valence-corrected chi connectivity index (χ2v) is 6.67. The van der Waals surface area contributed by atoms with Crippen molar-refractivity contribution in [3.8, 4) is 0 Å². The van der Waals surface area contributed by atoms with Crippen molar-refractivity contribution in [2.45, 2.75) is 33.2 Å². The van der Waals surface area contributed by atoms with Crippen LogP contribution in [0.4, 0.5) is 0 Å². The monoisotopic (exact) mass is 354 g/mol. The number of nitrogens with zero attached hydrogens (tertiary/aromatic N) is 3. The van der Waals surface area contributed by atoms with Crippen LogP contribution in [-0.4, -0.2) is 79.0 Å². The number of rotatable bonds is 4. The van der Waals surface area contributed by atoms with Gasteiger partial charge in [-0.15, -0.1) is 24.8 Å². The number of likely N-dealkylation sites (tertiary alicyclic amines) is 1. The summed E-state index contributed by atoms with van der Waals surface area (Å²) in [4.78, 5) is 19.4. The van der Waals surface area contributed by atoms with Gasteiger partial charge in [0.25, 0.3) is 0 Å². The van der Waals surface area contributed by atoms with E-state index in [1.54, 1.807) is 0 Å². The number of amides is 1. The molecule has 0 aromatic carbocycles. The molecule has 2 aliphatic rings. The van der Waals surface area contributed by atoms with Crippen LogP contribution < -0.4 is 5.73 Å². The molecule has 2 N–H and O–H groups in total. The Morgan fingerprint density at radius 1 is 1.18 bits per heavy atom. The SMILES string of the molecule is CCN1CCN(C(=O)C(C)N2CCC(C)(CN)C2)CC1.Cl.Cl. The first-order valence-corrected chi connectivity index (χ1v) is 7.94. The van der Waals surface area contributed by atoms with Crippen molar-refractivity contribution in [1.29, 1.82) is 0 Å². The molecule has 2 fully saturated rings. The summed E-state index contributed by atoms with van der Waals surface area (Å²) in [5, 5.41) is 0. The van der Waals surface area contributed by atoms with Gasteiger partial charge in [-0.25, -0.2) is 0 Å². The lowest BCUT2D eigenvalue weighted by Crippen LogP contribution is -2.54. The van der Waals surface area contributed by atoms with Crippen molar-refractivity contribution in [3.05, 3.63) is 0 Å². The van der Waals surface area contributed by atoms with E-state index in [-0.39, 0.29) is 36.3 Å². The molecule has 1 amide bonds. The Hall–Kier alpha value is -0.0700. The van der Waals surface area contributed by atoms with Crippen LogP contribution in [0.25, 0.3) is 0 Å².